The lowest BCUT2D eigenvalue weighted by atomic mass is 10.3. The Hall–Kier alpha value is -1.99. The van der Waals surface area contributed by atoms with E-state index in [1.807, 2.05) is 6.07 Å². The normalized spacial score (nSPS) is 17.2. The highest BCUT2D eigenvalue weighted by Crippen LogP contribution is 2.32. The molecule has 1 amide bonds. The van der Waals surface area contributed by atoms with Crippen LogP contribution in [-0.4, -0.2) is 32.1 Å². The average Bonchev–Trinajstić information content (AvgIpc) is 3.02. The Morgan fingerprint density at radius 3 is 2.75 bits per heavy atom. The quantitative estimate of drug-likeness (QED) is 0.628. The zero-order valence-electron chi connectivity index (χ0n) is 10.4. The van der Waals surface area contributed by atoms with E-state index >= 15 is 0 Å². The van der Waals surface area contributed by atoms with E-state index in [0.29, 0.717) is 20.7 Å². The van der Waals surface area contributed by atoms with Crippen molar-refractivity contribution in [3.63, 3.8) is 0 Å². The fourth-order valence-electron chi connectivity index (χ4n) is 1.69. The number of amides is 1. The largest absolute Gasteiger partial charge is 0.457 e. The van der Waals surface area contributed by atoms with Crippen molar-refractivity contribution in [3.05, 3.63) is 41.5 Å². The average molecular weight is 303 g/mol. The maximum atomic E-state index is 11.9. The lowest BCUT2D eigenvalue weighted by Crippen LogP contribution is -2.22. The van der Waals surface area contributed by atoms with E-state index in [-0.39, 0.29) is 5.91 Å². The molecule has 0 spiro atoms. The summed E-state index contributed by atoms with van der Waals surface area (Å²) in [6, 6.07) is 3.61. The Balaban J connectivity index is 1.89. The molecule has 0 unspecified atom stereocenters. The van der Waals surface area contributed by atoms with Gasteiger partial charge < -0.3 is 4.42 Å². The summed E-state index contributed by atoms with van der Waals surface area (Å²) in [6.45, 7) is 0. The molecule has 1 saturated heterocycles. The van der Waals surface area contributed by atoms with Crippen LogP contribution in [0.2, 0.25) is 0 Å². The lowest BCUT2D eigenvalue weighted by molar-refractivity contribution is -0.121. The molecule has 0 saturated carbocycles. The first-order chi connectivity index (χ1) is 9.65. The number of likely N-dealkylation sites (N-methyl/N-ethyl adjacent to an activating group) is 1. The van der Waals surface area contributed by atoms with Crippen LogP contribution in [0.1, 0.15) is 5.76 Å². The van der Waals surface area contributed by atoms with Crippen molar-refractivity contribution < 1.29 is 9.21 Å². The third kappa shape index (κ3) is 2.37. The van der Waals surface area contributed by atoms with Gasteiger partial charge in [0.15, 0.2) is 0 Å². The van der Waals surface area contributed by atoms with E-state index < -0.39 is 0 Å². The summed E-state index contributed by atoms with van der Waals surface area (Å²) in [5.41, 5.74) is 0.787. The minimum atomic E-state index is -0.110. The highest BCUT2D eigenvalue weighted by molar-refractivity contribution is 8.26. The number of rotatable bonds is 2. The van der Waals surface area contributed by atoms with Gasteiger partial charge in [-0.05, 0) is 12.1 Å². The number of carbonyl (C=O) groups excluding carboxylic acids is 1. The van der Waals surface area contributed by atoms with Crippen molar-refractivity contribution in [2.75, 3.05) is 7.05 Å². The molecule has 0 radical (unpaired) electrons. The van der Waals surface area contributed by atoms with Crippen LogP contribution in [0, 0.1) is 0 Å². The summed E-state index contributed by atoms with van der Waals surface area (Å²) in [7, 11) is 1.66. The molecule has 2 aromatic rings. The van der Waals surface area contributed by atoms with Crippen LogP contribution in [0.4, 0.5) is 0 Å². The first-order valence-electron chi connectivity index (χ1n) is 5.72. The molecule has 3 heterocycles. The number of carbonyl (C=O) groups is 1. The second-order valence-electron chi connectivity index (χ2n) is 4.07. The van der Waals surface area contributed by atoms with E-state index in [2.05, 4.69) is 9.97 Å². The number of furan rings is 1. The molecule has 5 nitrogen and oxygen atoms in total. The number of hydrogen-bond donors (Lipinski definition) is 0. The number of nitrogens with zero attached hydrogens (tertiary/aromatic N) is 3. The maximum Gasteiger partial charge on any atom is 0.266 e. The number of aromatic nitrogens is 2. The van der Waals surface area contributed by atoms with Crippen molar-refractivity contribution in [3.8, 4) is 11.3 Å². The zero-order valence-corrected chi connectivity index (χ0v) is 12.1. The lowest BCUT2D eigenvalue weighted by Gasteiger charge is -2.03. The standard InChI is InChI=1S/C13H9N3O2S2/c1-16-12(17)11(20-13(16)19)4-9-2-3-10(18-9)8-5-14-7-15-6-8/h2-7H,1H3. The Labute approximate surface area is 124 Å². The second kappa shape index (κ2) is 5.18. The van der Waals surface area contributed by atoms with Crippen LogP contribution in [0.5, 0.6) is 0 Å². The van der Waals surface area contributed by atoms with E-state index in [1.54, 1.807) is 31.6 Å². The fraction of sp³-hybridized carbons (Fsp3) is 0.0769. The molecule has 100 valence electrons. The highest BCUT2D eigenvalue weighted by atomic mass is 32.2. The van der Waals surface area contributed by atoms with Gasteiger partial charge >= 0.3 is 0 Å². The minimum absolute atomic E-state index is 0.110. The predicted octanol–water partition coefficient (Wildman–Crippen LogP) is 2.57. The van der Waals surface area contributed by atoms with Gasteiger partial charge in [-0.2, -0.15) is 0 Å². The Kier molecular flexibility index (Phi) is 3.37. The van der Waals surface area contributed by atoms with Crippen LogP contribution >= 0.6 is 24.0 Å². The van der Waals surface area contributed by atoms with Gasteiger partial charge in [-0.3, -0.25) is 9.69 Å². The molecule has 0 bridgehead atoms. The Bertz CT molecular complexity index is 709. The molecular weight excluding hydrogens is 294 g/mol. The summed E-state index contributed by atoms with van der Waals surface area (Å²) in [5.74, 6) is 1.14. The molecule has 0 aliphatic carbocycles. The molecule has 1 fully saturated rings. The van der Waals surface area contributed by atoms with Crippen molar-refractivity contribution in [2.24, 2.45) is 0 Å². The van der Waals surface area contributed by atoms with Crippen molar-refractivity contribution in [1.29, 1.82) is 0 Å². The smallest absolute Gasteiger partial charge is 0.266 e. The van der Waals surface area contributed by atoms with Gasteiger partial charge in [-0.1, -0.05) is 24.0 Å². The molecule has 7 heteroatoms. The van der Waals surface area contributed by atoms with E-state index in [4.69, 9.17) is 16.6 Å². The number of hydrogen-bond acceptors (Lipinski definition) is 6. The third-order valence-corrected chi connectivity index (χ3v) is 4.22. The van der Waals surface area contributed by atoms with Gasteiger partial charge in [0.1, 0.15) is 22.2 Å². The van der Waals surface area contributed by atoms with Crippen LogP contribution in [-0.2, 0) is 4.79 Å². The topological polar surface area (TPSA) is 59.2 Å². The molecule has 1 aliphatic rings. The SMILES string of the molecule is CN1C(=O)C(=Cc2ccc(-c3cncnc3)o2)SC1=S. The molecule has 20 heavy (non-hydrogen) atoms. The molecule has 0 atom stereocenters. The third-order valence-electron chi connectivity index (χ3n) is 2.73. The van der Waals surface area contributed by atoms with Gasteiger partial charge in [0.25, 0.3) is 5.91 Å². The van der Waals surface area contributed by atoms with Crippen molar-refractivity contribution >= 4 is 40.3 Å². The summed E-state index contributed by atoms with van der Waals surface area (Å²) < 4.78 is 6.21. The molecular formula is C13H9N3O2S2. The summed E-state index contributed by atoms with van der Waals surface area (Å²) >= 11 is 6.34. The Morgan fingerprint density at radius 2 is 2.10 bits per heavy atom. The molecule has 0 N–H and O–H groups in total. The summed E-state index contributed by atoms with van der Waals surface area (Å²) in [6.07, 6.45) is 6.48. The molecule has 3 rings (SSSR count). The van der Waals surface area contributed by atoms with Crippen LogP contribution in [0.15, 0.2) is 40.2 Å². The van der Waals surface area contributed by atoms with E-state index in [1.165, 1.54) is 23.0 Å². The first kappa shape index (κ1) is 13.0. The number of thioether (sulfide) groups is 1. The molecule has 1 aliphatic heterocycles. The van der Waals surface area contributed by atoms with Crippen LogP contribution in [0.3, 0.4) is 0 Å². The van der Waals surface area contributed by atoms with Gasteiger partial charge in [0.2, 0.25) is 0 Å². The summed E-state index contributed by atoms with van der Waals surface area (Å²) in [5, 5.41) is 0. The van der Waals surface area contributed by atoms with Crippen molar-refractivity contribution in [2.45, 2.75) is 0 Å². The summed E-state index contributed by atoms with van der Waals surface area (Å²) in [4.78, 5) is 21.8. The highest BCUT2D eigenvalue weighted by Gasteiger charge is 2.28. The molecule has 0 aromatic carbocycles. The van der Waals surface area contributed by atoms with Crippen LogP contribution in [0.25, 0.3) is 17.4 Å². The van der Waals surface area contributed by atoms with Gasteiger partial charge in [-0.15, -0.1) is 0 Å². The fourth-order valence-corrected chi connectivity index (χ4v) is 2.85. The van der Waals surface area contributed by atoms with E-state index in [0.717, 1.165) is 5.56 Å². The number of thiocarbonyl (C=S) groups is 1. The molecule has 2 aromatic heterocycles. The van der Waals surface area contributed by atoms with Crippen molar-refractivity contribution in [1.82, 2.24) is 14.9 Å². The zero-order chi connectivity index (χ0) is 14.1. The van der Waals surface area contributed by atoms with Gasteiger partial charge in [0.05, 0.1) is 10.5 Å². The first-order valence-corrected chi connectivity index (χ1v) is 6.94. The predicted molar refractivity (Wildman–Crippen MR) is 80.7 cm³/mol. The second-order valence-corrected chi connectivity index (χ2v) is 5.75. The van der Waals surface area contributed by atoms with Crippen LogP contribution < -0.4 is 0 Å². The van der Waals surface area contributed by atoms with Gasteiger partial charge in [-0.25, -0.2) is 9.97 Å². The van der Waals surface area contributed by atoms with Gasteiger partial charge in [0, 0.05) is 25.5 Å². The minimum Gasteiger partial charge on any atom is -0.457 e. The van der Waals surface area contributed by atoms with E-state index in [9.17, 15) is 4.79 Å². The Morgan fingerprint density at radius 1 is 1.35 bits per heavy atom. The monoisotopic (exact) mass is 303 g/mol. The maximum absolute atomic E-state index is 11.9.